The maximum Gasteiger partial charge on any atom is 0.119 e. The van der Waals surface area contributed by atoms with Crippen LogP contribution >= 0.6 is 0 Å². The van der Waals surface area contributed by atoms with Crippen LogP contribution < -0.4 is 9.47 Å². The van der Waals surface area contributed by atoms with Crippen LogP contribution in [-0.2, 0) is 0 Å². The van der Waals surface area contributed by atoms with Crippen molar-refractivity contribution in [3.05, 3.63) is 95.1 Å². The summed E-state index contributed by atoms with van der Waals surface area (Å²) in [5.41, 5.74) is 3.85. The number of ether oxygens (including phenoxy) is 2. The molecule has 198 valence electrons. The Hall–Kier alpha value is -3.70. The molecule has 0 amide bonds. The second-order valence-electron chi connectivity index (χ2n) is 11.6. The van der Waals surface area contributed by atoms with Crippen LogP contribution in [0, 0.1) is 23.7 Å². The van der Waals surface area contributed by atoms with Gasteiger partial charge in [0.15, 0.2) is 0 Å². The van der Waals surface area contributed by atoms with E-state index in [1.807, 2.05) is 72.8 Å². The Morgan fingerprint density at radius 1 is 0.447 bits per heavy atom. The topological polar surface area (TPSA) is 18.5 Å². The van der Waals surface area contributed by atoms with Crippen molar-refractivity contribution < 1.29 is 18.4 Å². The van der Waals surface area contributed by atoms with Crippen LogP contribution in [0.2, 0.25) is 0 Å². The van der Waals surface area contributed by atoms with Gasteiger partial charge in [-0.3, -0.25) is 0 Å². The lowest BCUT2D eigenvalue weighted by atomic mass is 10.1. The van der Waals surface area contributed by atoms with E-state index in [0.29, 0.717) is 0 Å². The van der Waals surface area contributed by atoms with Crippen molar-refractivity contribution >= 4 is 0 Å². The van der Waals surface area contributed by atoms with Crippen molar-refractivity contribution in [3.63, 3.8) is 0 Å². The van der Waals surface area contributed by atoms with Gasteiger partial charge in [-0.15, -0.1) is 0 Å². The van der Waals surface area contributed by atoms with Gasteiger partial charge in [-0.1, -0.05) is 23.7 Å². The molecular weight excluding hydrogens is 468 g/mol. The summed E-state index contributed by atoms with van der Waals surface area (Å²) in [5.74, 6) is 14.7. The third-order valence-corrected chi connectivity index (χ3v) is 5.78. The Kier molecular flexibility index (Phi) is 10.4. The summed E-state index contributed by atoms with van der Waals surface area (Å²) in [7, 11) is 13.2. The number of quaternary nitrogens is 2. The fourth-order valence-corrected chi connectivity index (χ4v) is 3.65. The second kappa shape index (κ2) is 13.7. The Morgan fingerprint density at radius 2 is 0.711 bits per heavy atom. The van der Waals surface area contributed by atoms with Crippen LogP contribution in [0.5, 0.6) is 11.5 Å². The smallest absolute Gasteiger partial charge is 0.119 e. The zero-order chi connectivity index (χ0) is 27.4. The van der Waals surface area contributed by atoms with Gasteiger partial charge in [0.2, 0.25) is 0 Å². The summed E-state index contributed by atoms with van der Waals surface area (Å²) in [6, 6.07) is 24.0. The van der Waals surface area contributed by atoms with E-state index in [9.17, 15) is 0 Å². The van der Waals surface area contributed by atoms with Gasteiger partial charge in [-0.05, 0) is 72.8 Å². The predicted octanol–water partition coefficient (Wildman–Crippen LogP) is 5.44. The lowest BCUT2D eigenvalue weighted by Gasteiger charge is -2.23. The lowest BCUT2D eigenvalue weighted by Crippen LogP contribution is -2.36. The van der Waals surface area contributed by atoms with Gasteiger partial charge in [0.25, 0.3) is 0 Å². The van der Waals surface area contributed by atoms with Gasteiger partial charge < -0.3 is 18.4 Å². The largest absolute Gasteiger partial charge is 0.493 e. The summed E-state index contributed by atoms with van der Waals surface area (Å²) in [4.78, 5) is 0. The van der Waals surface area contributed by atoms with Gasteiger partial charge >= 0.3 is 0 Å². The molecule has 0 aromatic heterocycles. The van der Waals surface area contributed by atoms with Crippen molar-refractivity contribution in [1.82, 2.24) is 0 Å². The number of rotatable bonds is 10. The standard InChI is InChI=1S/C34H42N2O2/c1-35(2,3)25-7-27-37-33-21-17-31(18-22-33)15-13-29-9-11-30(12-10-29)14-16-32-19-23-34(24-20-32)38-28-8-26-36(4,5)6/h9-12,17-24H,7-8,25-28H2,1-6H3/q+2. The molecule has 3 aromatic rings. The quantitative estimate of drug-likeness (QED) is 0.206. The number of benzene rings is 3. The first-order chi connectivity index (χ1) is 18.1. The molecule has 0 unspecified atom stereocenters. The molecule has 38 heavy (non-hydrogen) atoms. The zero-order valence-electron chi connectivity index (χ0n) is 23.9. The Morgan fingerprint density at radius 3 is 0.974 bits per heavy atom. The average molecular weight is 511 g/mol. The van der Waals surface area contributed by atoms with E-state index in [0.717, 1.165) is 81.9 Å². The van der Waals surface area contributed by atoms with Crippen LogP contribution in [0.3, 0.4) is 0 Å². The van der Waals surface area contributed by atoms with Gasteiger partial charge in [0.05, 0.1) is 68.6 Å². The normalized spacial score (nSPS) is 11.1. The first-order valence-corrected chi connectivity index (χ1v) is 13.3. The summed E-state index contributed by atoms with van der Waals surface area (Å²) in [6.07, 6.45) is 2.06. The molecule has 0 heterocycles. The van der Waals surface area contributed by atoms with Gasteiger partial charge in [0.1, 0.15) is 11.5 Å². The van der Waals surface area contributed by atoms with E-state index >= 15 is 0 Å². The zero-order valence-corrected chi connectivity index (χ0v) is 23.9. The van der Waals surface area contributed by atoms with E-state index in [1.165, 1.54) is 0 Å². The van der Waals surface area contributed by atoms with Crippen molar-refractivity contribution in [2.45, 2.75) is 12.8 Å². The maximum atomic E-state index is 5.85. The summed E-state index contributed by atoms with van der Waals surface area (Å²) in [5, 5.41) is 0. The van der Waals surface area contributed by atoms with Crippen molar-refractivity contribution in [2.24, 2.45) is 0 Å². The maximum absolute atomic E-state index is 5.85. The first kappa shape index (κ1) is 28.9. The number of hydrogen-bond acceptors (Lipinski definition) is 2. The first-order valence-electron chi connectivity index (χ1n) is 13.3. The summed E-state index contributed by atoms with van der Waals surface area (Å²) >= 11 is 0. The van der Waals surface area contributed by atoms with Gasteiger partial charge in [-0.2, -0.15) is 0 Å². The van der Waals surface area contributed by atoms with E-state index in [-0.39, 0.29) is 0 Å². The van der Waals surface area contributed by atoms with Crippen molar-refractivity contribution in [2.75, 3.05) is 68.6 Å². The molecule has 0 N–H and O–H groups in total. The van der Waals surface area contributed by atoms with E-state index in [4.69, 9.17) is 9.47 Å². The number of nitrogens with zero attached hydrogens (tertiary/aromatic N) is 2. The molecule has 4 nitrogen and oxygen atoms in total. The predicted molar refractivity (Wildman–Crippen MR) is 157 cm³/mol. The van der Waals surface area contributed by atoms with E-state index < -0.39 is 0 Å². The molecular formula is C34H42N2O2+2. The fourth-order valence-electron chi connectivity index (χ4n) is 3.65. The molecule has 3 aromatic carbocycles. The van der Waals surface area contributed by atoms with Crippen molar-refractivity contribution in [1.29, 1.82) is 0 Å². The van der Waals surface area contributed by atoms with E-state index in [1.54, 1.807) is 0 Å². The molecule has 0 aliphatic rings. The minimum absolute atomic E-state index is 0.729. The minimum atomic E-state index is 0.729. The molecule has 0 atom stereocenters. The average Bonchev–Trinajstić information content (AvgIpc) is 2.87. The van der Waals surface area contributed by atoms with Gasteiger partial charge in [0, 0.05) is 35.1 Å². The second-order valence-corrected chi connectivity index (χ2v) is 11.6. The monoisotopic (exact) mass is 510 g/mol. The van der Waals surface area contributed by atoms with Crippen LogP contribution in [0.15, 0.2) is 72.8 Å². The molecule has 0 aliphatic heterocycles. The molecule has 0 aliphatic carbocycles. The molecule has 0 radical (unpaired) electrons. The Bertz CT molecular complexity index is 1150. The highest BCUT2D eigenvalue weighted by Gasteiger charge is 2.06. The molecule has 3 rings (SSSR count). The summed E-state index contributed by atoms with van der Waals surface area (Å²) < 4.78 is 13.6. The highest BCUT2D eigenvalue weighted by molar-refractivity contribution is 5.48. The fraction of sp³-hybridized carbons (Fsp3) is 0.353. The molecule has 4 heteroatoms. The van der Waals surface area contributed by atoms with Crippen LogP contribution in [0.1, 0.15) is 35.1 Å². The number of hydrogen-bond donors (Lipinski definition) is 0. The minimum Gasteiger partial charge on any atom is -0.493 e. The third kappa shape index (κ3) is 11.6. The van der Waals surface area contributed by atoms with E-state index in [2.05, 4.69) is 66.0 Å². The van der Waals surface area contributed by atoms with Crippen LogP contribution in [0.25, 0.3) is 0 Å². The third-order valence-electron chi connectivity index (χ3n) is 5.78. The SMILES string of the molecule is C[N+](C)(C)CCCOc1ccc(C#Cc2ccc(C#Cc3ccc(OCCC[N+](C)(C)C)cc3)cc2)cc1. The summed E-state index contributed by atoms with van der Waals surface area (Å²) in [6.45, 7) is 3.64. The molecule has 0 fully saturated rings. The molecule has 0 saturated carbocycles. The van der Waals surface area contributed by atoms with Gasteiger partial charge in [-0.25, -0.2) is 0 Å². The van der Waals surface area contributed by atoms with Crippen LogP contribution in [0.4, 0.5) is 0 Å². The lowest BCUT2D eigenvalue weighted by molar-refractivity contribution is -0.870. The van der Waals surface area contributed by atoms with Crippen LogP contribution in [-0.4, -0.2) is 77.6 Å². The molecule has 0 saturated heterocycles. The molecule has 0 spiro atoms. The molecule has 0 bridgehead atoms. The Labute approximate surface area is 230 Å². The Balaban J connectivity index is 1.47. The van der Waals surface area contributed by atoms with Crippen molar-refractivity contribution in [3.8, 4) is 35.2 Å². The highest BCUT2D eigenvalue weighted by atomic mass is 16.5. The highest BCUT2D eigenvalue weighted by Crippen LogP contribution is 2.14.